The third kappa shape index (κ3) is 2.92. The molecule has 1 aromatic rings. The number of hydrogen-bond donors (Lipinski definition) is 1. The highest BCUT2D eigenvalue weighted by Crippen LogP contribution is 2.27. The van der Waals surface area contributed by atoms with Crippen LogP contribution in [0.4, 0.5) is 10.1 Å². The zero-order valence-electron chi connectivity index (χ0n) is 9.22. The van der Waals surface area contributed by atoms with Crippen molar-refractivity contribution in [3.05, 3.63) is 28.0 Å². The van der Waals surface area contributed by atoms with Gasteiger partial charge in [-0.25, -0.2) is 4.39 Å². The smallest absolute Gasteiger partial charge is 0.137 e. The lowest BCUT2D eigenvalue weighted by molar-refractivity contribution is 0.619. The van der Waals surface area contributed by atoms with Gasteiger partial charge in [0.05, 0.1) is 4.47 Å². The predicted octanol–water partition coefficient (Wildman–Crippen LogP) is 4.20. The van der Waals surface area contributed by atoms with Gasteiger partial charge in [-0.05, 0) is 59.1 Å². The van der Waals surface area contributed by atoms with Gasteiger partial charge in [-0.2, -0.15) is 11.8 Å². The normalized spacial score (nSPS) is 20.8. The van der Waals surface area contributed by atoms with Crippen LogP contribution in [0.15, 0.2) is 16.6 Å². The second kappa shape index (κ2) is 5.41. The predicted molar refractivity (Wildman–Crippen MR) is 72.8 cm³/mol. The molecule has 0 bridgehead atoms. The summed E-state index contributed by atoms with van der Waals surface area (Å²) in [5.41, 5.74) is 2.01. The molecule has 1 aliphatic rings. The van der Waals surface area contributed by atoms with Gasteiger partial charge < -0.3 is 5.32 Å². The number of benzene rings is 1. The average molecular weight is 304 g/mol. The highest BCUT2D eigenvalue weighted by molar-refractivity contribution is 9.10. The summed E-state index contributed by atoms with van der Waals surface area (Å²) >= 11 is 5.21. The summed E-state index contributed by atoms with van der Waals surface area (Å²) in [4.78, 5) is 0. The molecule has 1 aliphatic heterocycles. The molecule has 16 heavy (non-hydrogen) atoms. The SMILES string of the molecule is Cc1cc(F)c(Br)cc1NC1CCCSC1. The molecule has 1 nitrogen and oxygen atoms in total. The monoisotopic (exact) mass is 303 g/mol. The van der Waals surface area contributed by atoms with Crippen molar-refractivity contribution in [1.29, 1.82) is 0 Å². The summed E-state index contributed by atoms with van der Waals surface area (Å²) in [6, 6.07) is 3.93. The molecule has 88 valence electrons. The fourth-order valence-corrected chi connectivity index (χ4v) is 3.29. The third-order valence-electron chi connectivity index (χ3n) is 2.79. The number of rotatable bonds is 2. The van der Waals surface area contributed by atoms with Gasteiger partial charge in [-0.3, -0.25) is 0 Å². The van der Waals surface area contributed by atoms with Crippen molar-refractivity contribution in [1.82, 2.24) is 0 Å². The molecule has 1 atom stereocenters. The molecule has 1 fully saturated rings. The second-order valence-electron chi connectivity index (χ2n) is 4.14. The van der Waals surface area contributed by atoms with E-state index in [1.54, 1.807) is 6.07 Å². The first-order chi connectivity index (χ1) is 7.66. The Morgan fingerprint density at radius 3 is 3.00 bits per heavy atom. The fraction of sp³-hybridized carbons (Fsp3) is 0.500. The molecule has 1 aromatic carbocycles. The van der Waals surface area contributed by atoms with Crippen LogP contribution >= 0.6 is 27.7 Å². The Labute approximate surface area is 108 Å². The van der Waals surface area contributed by atoms with E-state index in [4.69, 9.17) is 0 Å². The molecule has 2 rings (SSSR count). The van der Waals surface area contributed by atoms with Crippen molar-refractivity contribution in [2.75, 3.05) is 16.8 Å². The van der Waals surface area contributed by atoms with Crippen molar-refractivity contribution < 1.29 is 4.39 Å². The van der Waals surface area contributed by atoms with Crippen molar-refractivity contribution >= 4 is 33.4 Å². The Morgan fingerprint density at radius 2 is 2.31 bits per heavy atom. The van der Waals surface area contributed by atoms with E-state index in [1.165, 1.54) is 18.6 Å². The zero-order valence-corrected chi connectivity index (χ0v) is 11.6. The van der Waals surface area contributed by atoms with E-state index in [0.29, 0.717) is 10.5 Å². The highest BCUT2D eigenvalue weighted by Gasteiger charge is 2.15. The quantitative estimate of drug-likeness (QED) is 0.878. The first-order valence-electron chi connectivity index (χ1n) is 5.47. The van der Waals surface area contributed by atoms with E-state index in [2.05, 4.69) is 21.2 Å². The van der Waals surface area contributed by atoms with Crippen LogP contribution in [0.3, 0.4) is 0 Å². The van der Waals surface area contributed by atoms with E-state index in [-0.39, 0.29) is 5.82 Å². The molecule has 0 spiro atoms. The summed E-state index contributed by atoms with van der Waals surface area (Å²) in [6.45, 7) is 1.94. The molecule has 1 unspecified atom stereocenters. The minimum atomic E-state index is -0.193. The van der Waals surface area contributed by atoms with E-state index in [0.717, 1.165) is 17.0 Å². The van der Waals surface area contributed by atoms with Crippen molar-refractivity contribution in [2.24, 2.45) is 0 Å². The molecule has 0 saturated carbocycles. The zero-order chi connectivity index (χ0) is 11.5. The number of halogens is 2. The third-order valence-corrected chi connectivity index (χ3v) is 4.61. The first-order valence-corrected chi connectivity index (χ1v) is 7.41. The second-order valence-corrected chi connectivity index (χ2v) is 6.14. The Kier molecular flexibility index (Phi) is 4.14. The van der Waals surface area contributed by atoms with Crippen LogP contribution in [-0.2, 0) is 0 Å². The number of anilines is 1. The van der Waals surface area contributed by atoms with Crippen molar-refractivity contribution in [2.45, 2.75) is 25.8 Å². The molecule has 1 N–H and O–H groups in total. The molecule has 0 aliphatic carbocycles. The maximum atomic E-state index is 13.3. The van der Waals surface area contributed by atoms with Gasteiger partial charge in [0.25, 0.3) is 0 Å². The lowest BCUT2D eigenvalue weighted by atomic mass is 10.1. The van der Waals surface area contributed by atoms with Crippen LogP contribution in [0.1, 0.15) is 18.4 Å². The maximum Gasteiger partial charge on any atom is 0.137 e. The summed E-state index contributed by atoms with van der Waals surface area (Å²) in [5.74, 6) is 2.22. The van der Waals surface area contributed by atoms with Crippen LogP contribution in [0.2, 0.25) is 0 Å². The van der Waals surface area contributed by atoms with Crippen LogP contribution in [0, 0.1) is 12.7 Å². The van der Waals surface area contributed by atoms with Gasteiger partial charge >= 0.3 is 0 Å². The van der Waals surface area contributed by atoms with Gasteiger partial charge in [0.1, 0.15) is 5.82 Å². The number of aryl methyl sites for hydroxylation is 1. The van der Waals surface area contributed by atoms with Gasteiger partial charge in [-0.1, -0.05) is 0 Å². The summed E-state index contributed by atoms with van der Waals surface area (Å²) < 4.78 is 13.8. The van der Waals surface area contributed by atoms with E-state index < -0.39 is 0 Å². The van der Waals surface area contributed by atoms with E-state index in [9.17, 15) is 4.39 Å². The van der Waals surface area contributed by atoms with E-state index >= 15 is 0 Å². The van der Waals surface area contributed by atoms with Crippen LogP contribution in [-0.4, -0.2) is 17.5 Å². The van der Waals surface area contributed by atoms with Gasteiger partial charge in [0, 0.05) is 17.5 Å². The van der Waals surface area contributed by atoms with Crippen LogP contribution < -0.4 is 5.32 Å². The molecule has 0 radical (unpaired) electrons. The topological polar surface area (TPSA) is 12.0 Å². The van der Waals surface area contributed by atoms with Gasteiger partial charge in [-0.15, -0.1) is 0 Å². The molecular formula is C12H15BrFNS. The summed E-state index contributed by atoms with van der Waals surface area (Å²) in [6.07, 6.45) is 2.48. The lowest BCUT2D eigenvalue weighted by Gasteiger charge is -2.24. The largest absolute Gasteiger partial charge is 0.381 e. The fourth-order valence-electron chi connectivity index (χ4n) is 1.88. The molecule has 0 aromatic heterocycles. The van der Waals surface area contributed by atoms with Crippen molar-refractivity contribution in [3.8, 4) is 0 Å². The number of thioether (sulfide) groups is 1. The lowest BCUT2D eigenvalue weighted by Crippen LogP contribution is -2.26. The molecule has 1 saturated heterocycles. The van der Waals surface area contributed by atoms with Crippen LogP contribution in [0.25, 0.3) is 0 Å². The standard InChI is InChI=1S/C12H15BrFNS/c1-8-5-11(14)10(13)6-12(8)15-9-3-2-4-16-7-9/h5-6,9,15H,2-4,7H2,1H3. The number of nitrogens with one attached hydrogen (secondary N) is 1. The minimum absolute atomic E-state index is 0.193. The Balaban J connectivity index is 2.11. The maximum absolute atomic E-state index is 13.3. The molecular weight excluding hydrogens is 289 g/mol. The van der Waals surface area contributed by atoms with Crippen LogP contribution in [0.5, 0.6) is 0 Å². The molecule has 4 heteroatoms. The van der Waals surface area contributed by atoms with Gasteiger partial charge in [0.15, 0.2) is 0 Å². The first kappa shape index (κ1) is 12.2. The molecule has 0 amide bonds. The summed E-state index contributed by atoms with van der Waals surface area (Å²) in [7, 11) is 0. The summed E-state index contributed by atoms with van der Waals surface area (Å²) in [5, 5.41) is 3.50. The van der Waals surface area contributed by atoms with Gasteiger partial charge in [0.2, 0.25) is 0 Å². The van der Waals surface area contributed by atoms with E-state index in [1.807, 2.05) is 24.8 Å². The minimum Gasteiger partial charge on any atom is -0.381 e. The Bertz CT molecular complexity index is 378. The number of hydrogen-bond acceptors (Lipinski definition) is 2. The van der Waals surface area contributed by atoms with Crippen molar-refractivity contribution in [3.63, 3.8) is 0 Å². The Morgan fingerprint density at radius 1 is 1.50 bits per heavy atom. The molecule has 1 heterocycles. The highest BCUT2D eigenvalue weighted by atomic mass is 79.9. The Hall–Kier alpha value is -0.220. The average Bonchev–Trinajstić information content (AvgIpc) is 2.27.